The molecule has 3 aromatic carbocycles. The number of hydrogen-bond donors (Lipinski definition) is 1. The van der Waals surface area contributed by atoms with Gasteiger partial charge in [-0.15, -0.1) is 0 Å². The lowest BCUT2D eigenvalue weighted by molar-refractivity contribution is -0.161. The fourth-order valence-corrected chi connectivity index (χ4v) is 5.12. The number of hydrogen-bond acceptors (Lipinski definition) is 4. The first-order valence-electron chi connectivity index (χ1n) is 9.68. The molecule has 31 heavy (non-hydrogen) atoms. The van der Waals surface area contributed by atoms with Crippen molar-refractivity contribution in [1.29, 1.82) is 0 Å². The van der Waals surface area contributed by atoms with E-state index < -0.39 is 5.72 Å². The van der Waals surface area contributed by atoms with Gasteiger partial charge in [-0.05, 0) is 54.1 Å². The largest absolute Gasteiger partial charge is 0.453 e. The molecule has 0 saturated heterocycles. The molecule has 6 rings (SSSR count). The highest BCUT2D eigenvalue weighted by Crippen LogP contribution is 2.54. The average molecular weight is 515 g/mol. The third kappa shape index (κ3) is 2.75. The summed E-state index contributed by atoms with van der Waals surface area (Å²) in [6, 6.07) is 18.5. The third-order valence-corrected chi connectivity index (χ3v) is 6.90. The first-order chi connectivity index (χ1) is 15.0. The second-order valence-electron chi connectivity index (χ2n) is 7.69. The predicted octanol–water partition coefficient (Wildman–Crippen LogP) is 6.10. The molecule has 0 bridgehead atoms. The quantitative estimate of drug-likeness (QED) is 0.426. The highest BCUT2D eigenvalue weighted by atomic mass is 79.9. The van der Waals surface area contributed by atoms with Crippen LogP contribution in [0.25, 0.3) is 0 Å². The number of benzene rings is 3. The second-order valence-corrected chi connectivity index (χ2v) is 9.48. The van der Waals surface area contributed by atoms with Crippen molar-refractivity contribution in [3.8, 4) is 5.75 Å². The van der Waals surface area contributed by atoms with Crippen LogP contribution in [0.1, 0.15) is 29.2 Å². The summed E-state index contributed by atoms with van der Waals surface area (Å²) in [5.41, 5.74) is 2.63. The molecule has 0 unspecified atom stereocenters. The molecule has 1 spiro atoms. The van der Waals surface area contributed by atoms with Crippen molar-refractivity contribution in [1.82, 2.24) is 5.01 Å². The predicted molar refractivity (Wildman–Crippen MR) is 124 cm³/mol. The number of rotatable bonds is 1. The van der Waals surface area contributed by atoms with Gasteiger partial charge in [0.15, 0.2) is 0 Å². The van der Waals surface area contributed by atoms with Crippen LogP contribution in [0.4, 0.5) is 5.69 Å². The van der Waals surface area contributed by atoms with Gasteiger partial charge >= 0.3 is 5.72 Å². The lowest BCUT2D eigenvalue weighted by Crippen LogP contribution is -2.55. The van der Waals surface area contributed by atoms with Gasteiger partial charge in [-0.2, -0.15) is 5.10 Å². The van der Waals surface area contributed by atoms with E-state index in [0.717, 1.165) is 21.3 Å². The van der Waals surface area contributed by atoms with E-state index in [1.54, 1.807) is 29.3 Å². The number of halogens is 3. The van der Waals surface area contributed by atoms with E-state index in [4.69, 9.17) is 33.0 Å². The summed E-state index contributed by atoms with van der Waals surface area (Å²) in [4.78, 5) is 13.4. The van der Waals surface area contributed by atoms with E-state index >= 15 is 0 Å². The number of amides is 1. The zero-order valence-electron chi connectivity index (χ0n) is 15.9. The zero-order chi connectivity index (χ0) is 21.3. The van der Waals surface area contributed by atoms with Crippen molar-refractivity contribution in [3.63, 3.8) is 0 Å². The summed E-state index contributed by atoms with van der Waals surface area (Å²) in [6.45, 7) is 0. The van der Waals surface area contributed by atoms with E-state index in [0.29, 0.717) is 33.5 Å². The molecule has 3 aromatic rings. The lowest BCUT2D eigenvalue weighted by atomic mass is 9.92. The number of anilines is 1. The average Bonchev–Trinajstić information content (AvgIpc) is 3.31. The molecule has 0 aliphatic carbocycles. The Kier molecular flexibility index (Phi) is 4.16. The van der Waals surface area contributed by atoms with Crippen LogP contribution < -0.4 is 10.1 Å². The monoisotopic (exact) mass is 513 g/mol. The van der Waals surface area contributed by atoms with Crippen LogP contribution >= 0.6 is 39.1 Å². The van der Waals surface area contributed by atoms with Gasteiger partial charge in [-0.3, -0.25) is 4.79 Å². The number of hydrazone groups is 1. The summed E-state index contributed by atoms with van der Waals surface area (Å²) < 4.78 is 7.42. The molecular formula is C23H14BrCl2N3O2. The number of carbonyl (C=O) groups is 1. The molecule has 3 heterocycles. The molecule has 154 valence electrons. The van der Waals surface area contributed by atoms with Gasteiger partial charge in [0.2, 0.25) is 0 Å². The maximum Gasteiger partial charge on any atom is 0.306 e. The summed E-state index contributed by atoms with van der Waals surface area (Å²) in [7, 11) is 0. The zero-order valence-corrected chi connectivity index (χ0v) is 19.0. The molecule has 1 amide bonds. The van der Waals surface area contributed by atoms with Gasteiger partial charge in [0.25, 0.3) is 5.91 Å². The molecule has 0 aromatic heterocycles. The normalized spacial score (nSPS) is 23.1. The Labute approximate surface area is 196 Å². The maximum absolute atomic E-state index is 13.4. The Balaban J connectivity index is 1.58. The van der Waals surface area contributed by atoms with Crippen molar-refractivity contribution >= 4 is 56.4 Å². The molecule has 3 aliphatic rings. The second kappa shape index (κ2) is 6.73. The minimum Gasteiger partial charge on any atom is -0.453 e. The topological polar surface area (TPSA) is 53.9 Å². The van der Waals surface area contributed by atoms with E-state index in [1.165, 1.54) is 0 Å². The minimum atomic E-state index is -1.44. The molecule has 3 aliphatic heterocycles. The van der Waals surface area contributed by atoms with Crippen molar-refractivity contribution in [2.75, 3.05) is 5.32 Å². The smallest absolute Gasteiger partial charge is 0.306 e. The van der Waals surface area contributed by atoms with Gasteiger partial charge in [-0.25, -0.2) is 5.01 Å². The number of nitrogens with zero attached hydrogens (tertiary/aromatic N) is 2. The van der Waals surface area contributed by atoms with Crippen LogP contribution in [-0.2, 0) is 10.5 Å². The van der Waals surface area contributed by atoms with Gasteiger partial charge in [-0.1, -0.05) is 51.3 Å². The van der Waals surface area contributed by atoms with E-state index in [-0.39, 0.29) is 11.9 Å². The molecule has 8 heteroatoms. The SMILES string of the molecule is O=C1Nc2ccc(Cl)cc2[C@]12Oc1ccc(Cl)cc1[C@H]1CC(c3ccc(Br)cc3)=NN12. The van der Waals surface area contributed by atoms with Crippen molar-refractivity contribution in [3.05, 3.63) is 91.9 Å². The first-order valence-corrected chi connectivity index (χ1v) is 11.2. The van der Waals surface area contributed by atoms with Crippen LogP contribution in [0.5, 0.6) is 5.75 Å². The van der Waals surface area contributed by atoms with Crippen LogP contribution in [0.3, 0.4) is 0 Å². The fourth-order valence-electron chi connectivity index (χ4n) is 4.50. The van der Waals surface area contributed by atoms with Crippen LogP contribution in [0.15, 0.2) is 70.2 Å². The number of fused-ring (bicyclic) bond motifs is 6. The summed E-state index contributed by atoms with van der Waals surface area (Å²) in [6.07, 6.45) is 0.614. The van der Waals surface area contributed by atoms with Gasteiger partial charge in [0.1, 0.15) is 5.75 Å². The Morgan fingerprint density at radius 1 is 1.06 bits per heavy atom. The molecule has 5 nitrogen and oxygen atoms in total. The van der Waals surface area contributed by atoms with Gasteiger partial charge < -0.3 is 10.1 Å². The fraction of sp³-hybridized carbons (Fsp3) is 0.130. The lowest BCUT2D eigenvalue weighted by Gasteiger charge is -2.44. The Morgan fingerprint density at radius 2 is 1.81 bits per heavy atom. The Morgan fingerprint density at radius 3 is 2.61 bits per heavy atom. The van der Waals surface area contributed by atoms with Crippen molar-refractivity contribution < 1.29 is 9.53 Å². The molecular weight excluding hydrogens is 501 g/mol. The highest BCUT2D eigenvalue weighted by molar-refractivity contribution is 9.10. The standard InChI is InChI=1S/C23H14BrCl2N3O2/c24-13-3-1-12(2-4-13)19-11-20-16-9-14(25)6-8-21(16)31-23(29(20)28-19)17-10-15(26)5-7-18(17)27-22(23)30/h1-10,20H,11H2,(H,27,30)/t20-,23+/m1/s1. The summed E-state index contributed by atoms with van der Waals surface area (Å²) in [5, 5.41) is 10.7. The van der Waals surface area contributed by atoms with Crippen LogP contribution in [0, 0.1) is 0 Å². The first kappa shape index (κ1) is 19.2. The van der Waals surface area contributed by atoms with Crippen LogP contribution in [0.2, 0.25) is 10.0 Å². The molecule has 0 radical (unpaired) electrons. The molecule has 2 atom stereocenters. The van der Waals surface area contributed by atoms with E-state index in [1.807, 2.05) is 36.4 Å². The number of carbonyl (C=O) groups excluding carboxylic acids is 1. The van der Waals surface area contributed by atoms with Gasteiger partial charge in [0, 0.05) is 26.5 Å². The van der Waals surface area contributed by atoms with Crippen LogP contribution in [-0.4, -0.2) is 16.6 Å². The maximum atomic E-state index is 13.4. The minimum absolute atomic E-state index is 0.211. The van der Waals surface area contributed by atoms with E-state index in [9.17, 15) is 4.79 Å². The molecule has 1 N–H and O–H groups in total. The highest BCUT2D eigenvalue weighted by Gasteiger charge is 2.61. The molecule has 0 saturated carbocycles. The molecule has 0 fully saturated rings. The Bertz CT molecular complexity index is 1290. The third-order valence-electron chi connectivity index (χ3n) is 5.90. The van der Waals surface area contributed by atoms with Crippen molar-refractivity contribution in [2.45, 2.75) is 18.2 Å². The Hall–Kier alpha value is -2.54. The summed E-state index contributed by atoms with van der Waals surface area (Å²) in [5.74, 6) is 0.317. The number of nitrogens with one attached hydrogen (secondary N) is 1. The van der Waals surface area contributed by atoms with Gasteiger partial charge in [0.05, 0.1) is 23.0 Å². The number of ether oxygens (including phenoxy) is 1. The summed E-state index contributed by atoms with van der Waals surface area (Å²) >= 11 is 16.1. The van der Waals surface area contributed by atoms with Crippen molar-refractivity contribution in [2.24, 2.45) is 5.10 Å². The van der Waals surface area contributed by atoms with E-state index in [2.05, 4.69) is 21.2 Å².